The Morgan fingerprint density at radius 1 is 1.38 bits per heavy atom. The maximum absolute atomic E-state index is 12.1. The summed E-state index contributed by atoms with van der Waals surface area (Å²) in [6.07, 6.45) is 0.658. The highest BCUT2D eigenvalue weighted by atomic mass is 35.5. The Morgan fingerprint density at radius 2 is 2.15 bits per heavy atom. The van der Waals surface area contributed by atoms with Gasteiger partial charge in [-0.25, -0.2) is 0 Å². The smallest absolute Gasteiger partial charge is 0.325 e. The number of nitriles is 1. The summed E-state index contributed by atoms with van der Waals surface area (Å²) < 4.78 is 0. The van der Waals surface area contributed by atoms with Gasteiger partial charge in [0, 0.05) is 17.8 Å². The molecule has 134 valence electrons. The van der Waals surface area contributed by atoms with Gasteiger partial charge in [0.15, 0.2) is 0 Å². The van der Waals surface area contributed by atoms with Crippen LogP contribution in [0.15, 0.2) is 30.3 Å². The lowest BCUT2D eigenvalue weighted by molar-refractivity contribution is -0.143. The highest BCUT2D eigenvalue weighted by Gasteiger charge is 2.33. The Labute approximate surface area is 161 Å². The number of benzene rings is 2. The minimum absolute atomic E-state index is 0.319. The molecule has 1 heterocycles. The molecule has 2 aromatic rings. The van der Waals surface area contributed by atoms with E-state index in [1.54, 1.807) is 23.1 Å². The normalized spacial score (nSPS) is 14.8. The van der Waals surface area contributed by atoms with Crippen LogP contribution < -0.4 is 5.32 Å². The molecule has 1 atom stereocenters. The van der Waals surface area contributed by atoms with E-state index < -0.39 is 12.0 Å². The van der Waals surface area contributed by atoms with Gasteiger partial charge in [0.05, 0.1) is 28.3 Å². The quantitative estimate of drug-likeness (QED) is 0.807. The molecule has 0 spiro atoms. The first-order valence-corrected chi connectivity index (χ1v) is 8.93. The van der Waals surface area contributed by atoms with Crippen LogP contribution in [-0.4, -0.2) is 22.6 Å². The molecule has 5 nitrogen and oxygen atoms in total. The molecule has 0 saturated carbocycles. The lowest BCUT2D eigenvalue weighted by Gasteiger charge is -2.35. The predicted octanol–water partition coefficient (Wildman–Crippen LogP) is 4.44. The molecule has 7 heteroatoms. The molecule has 1 aliphatic heterocycles. The van der Waals surface area contributed by atoms with Crippen molar-refractivity contribution in [1.29, 1.82) is 5.26 Å². The summed E-state index contributed by atoms with van der Waals surface area (Å²) in [7, 11) is 0. The zero-order valence-electron chi connectivity index (χ0n) is 14.1. The number of anilines is 1. The average Bonchev–Trinajstić information content (AvgIpc) is 2.64. The third-order valence-corrected chi connectivity index (χ3v) is 5.44. The molecule has 3 rings (SSSR count). The molecule has 2 N–H and O–H groups in total. The SMILES string of the molecule is CCc1cccc(C(C(=O)O)N2CNc3ccc(Cl)c(Cl)c3C2)c1C#N. The van der Waals surface area contributed by atoms with E-state index in [0.29, 0.717) is 40.8 Å². The van der Waals surface area contributed by atoms with Crippen molar-refractivity contribution in [3.8, 4) is 6.07 Å². The lowest BCUT2D eigenvalue weighted by atomic mass is 9.93. The summed E-state index contributed by atoms with van der Waals surface area (Å²) in [5.41, 5.74) is 3.33. The Hall–Kier alpha value is -2.26. The topological polar surface area (TPSA) is 76.4 Å². The van der Waals surface area contributed by atoms with Crippen molar-refractivity contribution in [1.82, 2.24) is 4.90 Å². The van der Waals surface area contributed by atoms with Gasteiger partial charge in [-0.2, -0.15) is 5.26 Å². The standard InChI is InChI=1S/C19H17Cl2N3O2/c1-2-11-4-3-5-12(13(11)8-22)18(19(25)26)24-9-14-16(23-10-24)7-6-15(20)17(14)21/h3-7,18,23H,2,9-10H2,1H3,(H,25,26). The second-order valence-electron chi connectivity index (χ2n) is 6.06. The molecule has 1 unspecified atom stereocenters. The maximum atomic E-state index is 12.1. The predicted molar refractivity (Wildman–Crippen MR) is 101 cm³/mol. The number of nitrogens with one attached hydrogen (secondary N) is 1. The third-order valence-electron chi connectivity index (χ3n) is 4.60. The molecule has 0 radical (unpaired) electrons. The number of aliphatic carboxylic acids is 1. The molecule has 0 aromatic heterocycles. The van der Waals surface area contributed by atoms with Crippen molar-refractivity contribution in [3.63, 3.8) is 0 Å². The maximum Gasteiger partial charge on any atom is 0.325 e. The fourth-order valence-corrected chi connectivity index (χ4v) is 3.71. The summed E-state index contributed by atoms with van der Waals surface area (Å²) in [6.45, 7) is 2.58. The van der Waals surface area contributed by atoms with E-state index >= 15 is 0 Å². The molecule has 26 heavy (non-hydrogen) atoms. The van der Waals surface area contributed by atoms with Gasteiger partial charge in [0.2, 0.25) is 0 Å². The Bertz CT molecular complexity index is 908. The number of rotatable bonds is 4. The van der Waals surface area contributed by atoms with E-state index in [0.717, 1.165) is 16.8 Å². The van der Waals surface area contributed by atoms with Crippen molar-refractivity contribution in [2.45, 2.75) is 25.9 Å². The number of hydrogen-bond acceptors (Lipinski definition) is 4. The van der Waals surface area contributed by atoms with Crippen LogP contribution in [0.5, 0.6) is 0 Å². The van der Waals surface area contributed by atoms with Gasteiger partial charge in [-0.3, -0.25) is 9.69 Å². The number of carbonyl (C=O) groups is 1. The van der Waals surface area contributed by atoms with Crippen LogP contribution in [-0.2, 0) is 17.8 Å². The lowest BCUT2D eigenvalue weighted by Crippen LogP contribution is -2.40. The molecule has 0 fully saturated rings. The highest BCUT2D eigenvalue weighted by Crippen LogP contribution is 2.37. The molecule has 2 aromatic carbocycles. The minimum Gasteiger partial charge on any atom is -0.480 e. The number of nitrogens with zero attached hydrogens (tertiary/aromatic N) is 2. The van der Waals surface area contributed by atoms with Crippen molar-refractivity contribution in [2.75, 3.05) is 12.0 Å². The van der Waals surface area contributed by atoms with Crippen LogP contribution in [0.1, 0.15) is 35.2 Å². The van der Waals surface area contributed by atoms with Gasteiger partial charge in [-0.1, -0.05) is 48.3 Å². The first-order chi connectivity index (χ1) is 12.5. The van der Waals surface area contributed by atoms with Crippen LogP contribution in [0.25, 0.3) is 0 Å². The molecule has 0 saturated heterocycles. The molecular weight excluding hydrogens is 373 g/mol. The second-order valence-corrected chi connectivity index (χ2v) is 6.84. The Balaban J connectivity index is 2.05. The van der Waals surface area contributed by atoms with E-state index in [-0.39, 0.29) is 0 Å². The van der Waals surface area contributed by atoms with E-state index in [2.05, 4.69) is 11.4 Å². The second kappa shape index (κ2) is 7.55. The molecular formula is C19H17Cl2N3O2. The number of halogens is 2. The molecule has 1 aliphatic rings. The summed E-state index contributed by atoms with van der Waals surface area (Å²) in [5.74, 6) is -1.02. The molecule has 0 bridgehead atoms. The summed E-state index contributed by atoms with van der Waals surface area (Å²) in [6, 6.07) is 10.1. The zero-order chi connectivity index (χ0) is 18.8. The van der Waals surface area contributed by atoms with Crippen molar-refractivity contribution >= 4 is 34.9 Å². The number of carboxylic acid groups (broad SMARTS) is 1. The average molecular weight is 390 g/mol. The van der Waals surface area contributed by atoms with Crippen LogP contribution in [0.4, 0.5) is 5.69 Å². The summed E-state index contributed by atoms with van der Waals surface area (Å²) >= 11 is 12.4. The van der Waals surface area contributed by atoms with Crippen LogP contribution >= 0.6 is 23.2 Å². The van der Waals surface area contributed by atoms with Crippen LogP contribution in [0.3, 0.4) is 0 Å². The van der Waals surface area contributed by atoms with Crippen LogP contribution in [0, 0.1) is 11.3 Å². The van der Waals surface area contributed by atoms with E-state index in [4.69, 9.17) is 23.2 Å². The van der Waals surface area contributed by atoms with Gasteiger partial charge in [0.1, 0.15) is 6.04 Å². The Morgan fingerprint density at radius 3 is 2.81 bits per heavy atom. The number of aryl methyl sites for hydroxylation is 1. The molecule has 0 amide bonds. The van der Waals surface area contributed by atoms with Gasteiger partial charge < -0.3 is 10.4 Å². The third kappa shape index (κ3) is 3.24. The minimum atomic E-state index is -1.02. The van der Waals surface area contributed by atoms with Crippen molar-refractivity contribution in [2.24, 2.45) is 0 Å². The highest BCUT2D eigenvalue weighted by molar-refractivity contribution is 6.42. The summed E-state index contributed by atoms with van der Waals surface area (Å²) in [5, 5.41) is 23.5. The fraction of sp³-hybridized carbons (Fsp3) is 0.263. The van der Waals surface area contributed by atoms with E-state index in [1.807, 2.05) is 19.1 Å². The number of carboxylic acids is 1. The van der Waals surface area contributed by atoms with Gasteiger partial charge in [-0.15, -0.1) is 0 Å². The first-order valence-electron chi connectivity index (χ1n) is 8.17. The van der Waals surface area contributed by atoms with E-state index in [9.17, 15) is 15.2 Å². The van der Waals surface area contributed by atoms with Gasteiger partial charge in [-0.05, 0) is 29.7 Å². The van der Waals surface area contributed by atoms with Crippen molar-refractivity contribution in [3.05, 3.63) is 62.6 Å². The number of fused-ring (bicyclic) bond motifs is 1. The van der Waals surface area contributed by atoms with Gasteiger partial charge >= 0.3 is 5.97 Å². The molecule has 0 aliphatic carbocycles. The van der Waals surface area contributed by atoms with Crippen molar-refractivity contribution < 1.29 is 9.90 Å². The van der Waals surface area contributed by atoms with E-state index in [1.165, 1.54) is 0 Å². The van der Waals surface area contributed by atoms with Gasteiger partial charge in [0.25, 0.3) is 0 Å². The monoisotopic (exact) mass is 389 g/mol. The largest absolute Gasteiger partial charge is 0.480 e. The van der Waals surface area contributed by atoms with Crippen LogP contribution in [0.2, 0.25) is 10.0 Å². The zero-order valence-corrected chi connectivity index (χ0v) is 15.6. The summed E-state index contributed by atoms with van der Waals surface area (Å²) in [4.78, 5) is 13.8. The number of hydrogen-bond donors (Lipinski definition) is 2. The fourth-order valence-electron chi connectivity index (χ4n) is 3.31. The first kappa shape index (κ1) is 18.5. The Kier molecular flexibility index (Phi) is 5.38.